The van der Waals surface area contributed by atoms with Crippen molar-refractivity contribution in [1.82, 2.24) is 10.2 Å². The highest BCUT2D eigenvalue weighted by Crippen LogP contribution is 2.19. The summed E-state index contributed by atoms with van der Waals surface area (Å²) in [5.74, 6) is -0.124. The molecular weight excluding hydrogens is 336 g/mol. The first kappa shape index (κ1) is 17.5. The molecular formula is C20H21ClN2O2. The highest BCUT2D eigenvalue weighted by atomic mass is 35.5. The van der Waals surface area contributed by atoms with Gasteiger partial charge in [0.1, 0.15) is 0 Å². The van der Waals surface area contributed by atoms with E-state index in [0.29, 0.717) is 22.7 Å². The van der Waals surface area contributed by atoms with Crippen molar-refractivity contribution >= 4 is 23.4 Å². The van der Waals surface area contributed by atoms with E-state index in [1.165, 1.54) is 0 Å². The molecule has 4 nitrogen and oxygen atoms in total. The number of carbonyl (C=O) groups is 2. The van der Waals surface area contributed by atoms with E-state index in [4.69, 9.17) is 11.6 Å². The molecule has 1 unspecified atom stereocenters. The lowest BCUT2D eigenvalue weighted by molar-refractivity contribution is 0.0747. The van der Waals surface area contributed by atoms with E-state index >= 15 is 0 Å². The molecule has 0 spiro atoms. The van der Waals surface area contributed by atoms with E-state index in [-0.39, 0.29) is 17.9 Å². The van der Waals surface area contributed by atoms with Crippen LogP contribution in [-0.2, 0) is 6.54 Å². The van der Waals surface area contributed by atoms with Gasteiger partial charge in [-0.1, -0.05) is 23.7 Å². The third-order valence-electron chi connectivity index (χ3n) is 4.57. The second-order valence-corrected chi connectivity index (χ2v) is 6.81. The molecule has 1 atom stereocenters. The molecule has 1 aliphatic heterocycles. The molecule has 0 bridgehead atoms. The molecule has 0 aromatic heterocycles. The van der Waals surface area contributed by atoms with E-state index < -0.39 is 0 Å². The summed E-state index contributed by atoms with van der Waals surface area (Å²) in [6, 6.07) is 14.5. The highest BCUT2D eigenvalue weighted by Gasteiger charge is 2.25. The fraction of sp³-hybridized carbons (Fsp3) is 0.300. The van der Waals surface area contributed by atoms with Crippen molar-refractivity contribution in [1.29, 1.82) is 0 Å². The number of rotatable bonds is 4. The van der Waals surface area contributed by atoms with Gasteiger partial charge in [0.15, 0.2) is 0 Å². The number of nitrogens with one attached hydrogen (secondary N) is 1. The van der Waals surface area contributed by atoms with Crippen molar-refractivity contribution in [3.63, 3.8) is 0 Å². The zero-order chi connectivity index (χ0) is 17.8. The average Bonchev–Trinajstić information content (AvgIpc) is 3.06. The Kier molecular flexibility index (Phi) is 5.39. The van der Waals surface area contributed by atoms with Crippen LogP contribution in [0, 0.1) is 0 Å². The Morgan fingerprint density at radius 3 is 2.32 bits per heavy atom. The smallest absolute Gasteiger partial charge is 0.254 e. The molecule has 1 aliphatic rings. The number of amides is 2. The SMILES string of the molecule is CC1CCCN1C(=O)c1ccc(C(=O)NCc2ccc(Cl)cc2)cc1. The number of carbonyl (C=O) groups excluding carboxylic acids is 2. The molecule has 0 saturated carbocycles. The van der Waals surface area contributed by atoms with Gasteiger partial charge in [0.25, 0.3) is 11.8 Å². The molecule has 130 valence electrons. The van der Waals surface area contributed by atoms with Crippen LogP contribution in [0.15, 0.2) is 48.5 Å². The molecule has 5 heteroatoms. The fourth-order valence-electron chi connectivity index (χ4n) is 3.05. The molecule has 1 saturated heterocycles. The van der Waals surface area contributed by atoms with Gasteiger partial charge in [-0.2, -0.15) is 0 Å². The second-order valence-electron chi connectivity index (χ2n) is 6.38. The molecule has 0 radical (unpaired) electrons. The molecule has 2 amide bonds. The van der Waals surface area contributed by atoms with Gasteiger partial charge < -0.3 is 10.2 Å². The van der Waals surface area contributed by atoms with Crippen molar-refractivity contribution in [2.24, 2.45) is 0 Å². The van der Waals surface area contributed by atoms with Gasteiger partial charge in [0, 0.05) is 35.3 Å². The standard InChI is InChI=1S/C20H21ClN2O2/c1-14-3-2-12-23(14)20(25)17-8-6-16(7-9-17)19(24)22-13-15-4-10-18(21)11-5-15/h4-11,14H,2-3,12-13H2,1H3,(H,22,24). The van der Waals surface area contributed by atoms with E-state index in [9.17, 15) is 9.59 Å². The van der Waals surface area contributed by atoms with Crippen LogP contribution in [-0.4, -0.2) is 29.3 Å². The lowest BCUT2D eigenvalue weighted by Crippen LogP contribution is -2.33. The maximum absolute atomic E-state index is 12.5. The van der Waals surface area contributed by atoms with Crippen LogP contribution in [0.3, 0.4) is 0 Å². The van der Waals surface area contributed by atoms with Crippen molar-refractivity contribution in [2.75, 3.05) is 6.54 Å². The van der Waals surface area contributed by atoms with Crippen LogP contribution in [0.5, 0.6) is 0 Å². The first-order valence-corrected chi connectivity index (χ1v) is 8.86. The third kappa shape index (κ3) is 4.20. The Balaban J connectivity index is 1.60. The minimum atomic E-state index is -0.163. The number of hydrogen-bond donors (Lipinski definition) is 1. The quantitative estimate of drug-likeness (QED) is 0.903. The summed E-state index contributed by atoms with van der Waals surface area (Å²) in [6.45, 7) is 3.31. The topological polar surface area (TPSA) is 49.4 Å². The van der Waals surface area contributed by atoms with Gasteiger partial charge >= 0.3 is 0 Å². The Labute approximate surface area is 152 Å². The van der Waals surface area contributed by atoms with E-state index in [2.05, 4.69) is 12.2 Å². The van der Waals surface area contributed by atoms with E-state index in [0.717, 1.165) is 24.9 Å². The monoisotopic (exact) mass is 356 g/mol. The summed E-state index contributed by atoms with van der Waals surface area (Å²) in [7, 11) is 0. The predicted molar refractivity (Wildman–Crippen MR) is 98.8 cm³/mol. The van der Waals surface area contributed by atoms with Crippen molar-refractivity contribution in [2.45, 2.75) is 32.4 Å². The maximum atomic E-state index is 12.5. The zero-order valence-corrected chi connectivity index (χ0v) is 14.9. The number of nitrogens with zero attached hydrogens (tertiary/aromatic N) is 1. The Morgan fingerprint density at radius 1 is 1.08 bits per heavy atom. The molecule has 3 rings (SSSR count). The fourth-order valence-corrected chi connectivity index (χ4v) is 3.18. The predicted octanol–water partition coefficient (Wildman–Crippen LogP) is 3.89. The molecule has 2 aromatic rings. The molecule has 25 heavy (non-hydrogen) atoms. The van der Waals surface area contributed by atoms with Crippen LogP contribution >= 0.6 is 11.6 Å². The third-order valence-corrected chi connectivity index (χ3v) is 4.83. The van der Waals surface area contributed by atoms with Gasteiger partial charge in [-0.15, -0.1) is 0 Å². The number of benzene rings is 2. The van der Waals surface area contributed by atoms with Gasteiger partial charge in [-0.25, -0.2) is 0 Å². The Bertz CT molecular complexity index is 756. The van der Waals surface area contributed by atoms with E-state index in [1.54, 1.807) is 36.4 Å². The maximum Gasteiger partial charge on any atom is 0.254 e. The van der Waals surface area contributed by atoms with Crippen LogP contribution in [0.25, 0.3) is 0 Å². The normalized spacial score (nSPS) is 16.7. The summed E-state index contributed by atoms with van der Waals surface area (Å²) >= 11 is 5.85. The van der Waals surface area contributed by atoms with Crippen LogP contribution in [0.2, 0.25) is 5.02 Å². The molecule has 1 fully saturated rings. The molecule has 1 N–H and O–H groups in total. The summed E-state index contributed by atoms with van der Waals surface area (Å²) in [5, 5.41) is 3.54. The highest BCUT2D eigenvalue weighted by molar-refractivity contribution is 6.30. The summed E-state index contributed by atoms with van der Waals surface area (Å²) in [5.41, 5.74) is 2.15. The molecule has 2 aromatic carbocycles. The summed E-state index contributed by atoms with van der Waals surface area (Å²) < 4.78 is 0. The number of halogens is 1. The van der Waals surface area contributed by atoms with Gasteiger partial charge in [0.2, 0.25) is 0 Å². The number of hydrogen-bond acceptors (Lipinski definition) is 2. The van der Waals surface area contributed by atoms with Crippen LogP contribution in [0.4, 0.5) is 0 Å². The lowest BCUT2D eigenvalue weighted by atomic mass is 10.1. The Morgan fingerprint density at radius 2 is 1.72 bits per heavy atom. The number of likely N-dealkylation sites (tertiary alicyclic amines) is 1. The van der Waals surface area contributed by atoms with Gasteiger partial charge in [0.05, 0.1) is 0 Å². The first-order valence-electron chi connectivity index (χ1n) is 8.48. The minimum absolute atomic E-state index is 0.0399. The minimum Gasteiger partial charge on any atom is -0.348 e. The van der Waals surface area contributed by atoms with Gasteiger partial charge in [-0.3, -0.25) is 9.59 Å². The molecule has 1 heterocycles. The second kappa shape index (κ2) is 7.70. The zero-order valence-electron chi connectivity index (χ0n) is 14.2. The lowest BCUT2D eigenvalue weighted by Gasteiger charge is -2.21. The molecule has 0 aliphatic carbocycles. The first-order chi connectivity index (χ1) is 12.0. The summed E-state index contributed by atoms with van der Waals surface area (Å²) in [4.78, 5) is 26.6. The van der Waals surface area contributed by atoms with E-state index in [1.807, 2.05) is 17.0 Å². The largest absolute Gasteiger partial charge is 0.348 e. The average molecular weight is 357 g/mol. The van der Waals surface area contributed by atoms with Crippen molar-refractivity contribution < 1.29 is 9.59 Å². The van der Waals surface area contributed by atoms with Crippen molar-refractivity contribution in [3.05, 3.63) is 70.2 Å². The van der Waals surface area contributed by atoms with Gasteiger partial charge in [-0.05, 0) is 61.7 Å². The summed E-state index contributed by atoms with van der Waals surface area (Å²) in [6.07, 6.45) is 2.11. The Hall–Kier alpha value is -2.33. The van der Waals surface area contributed by atoms with Crippen LogP contribution in [0.1, 0.15) is 46.0 Å². The van der Waals surface area contributed by atoms with Crippen LogP contribution < -0.4 is 5.32 Å². The van der Waals surface area contributed by atoms with Crippen molar-refractivity contribution in [3.8, 4) is 0 Å².